The third kappa shape index (κ3) is 3.77. The van der Waals surface area contributed by atoms with Crippen LogP contribution in [0.1, 0.15) is 0 Å². The zero-order chi connectivity index (χ0) is 10.4. The summed E-state index contributed by atoms with van der Waals surface area (Å²) in [5.41, 5.74) is 2.03. The number of nitrogens with two attached hydrogens (primary N) is 1. The number of aliphatic hydroxyl groups excluding tert-OH is 4. The van der Waals surface area contributed by atoms with Crippen LogP contribution in [0.4, 0.5) is 0 Å². The number of hydrogen-bond acceptors (Lipinski definition) is 7. The topological polar surface area (TPSA) is 136 Å². The summed E-state index contributed by atoms with van der Waals surface area (Å²) >= 11 is 0. The van der Waals surface area contributed by atoms with E-state index in [1.165, 1.54) is 0 Å². The second-order valence-electron chi connectivity index (χ2n) is 2.52. The van der Waals surface area contributed by atoms with Crippen LogP contribution < -0.4 is 11.3 Å². The van der Waals surface area contributed by atoms with Gasteiger partial charge in [-0.3, -0.25) is 16.1 Å². The lowest BCUT2D eigenvalue weighted by Gasteiger charge is -2.17. The van der Waals surface area contributed by atoms with Crippen LogP contribution in [0.25, 0.3) is 0 Å². The van der Waals surface area contributed by atoms with E-state index in [1.807, 2.05) is 5.43 Å². The van der Waals surface area contributed by atoms with Crippen LogP contribution in [0.3, 0.4) is 0 Å². The summed E-state index contributed by atoms with van der Waals surface area (Å²) in [5.74, 6) is 3.83. The van der Waals surface area contributed by atoms with E-state index < -0.39 is 30.7 Å². The van der Waals surface area contributed by atoms with Crippen molar-refractivity contribution >= 4 is 5.78 Å². The summed E-state index contributed by atoms with van der Waals surface area (Å²) in [6.07, 6.45) is -4.88. The smallest absolute Gasteiger partial charge is 0.193 e. The Kier molecular flexibility index (Phi) is 5.71. The van der Waals surface area contributed by atoms with Crippen molar-refractivity contribution in [3.63, 3.8) is 0 Å². The highest BCUT2D eigenvalue weighted by Gasteiger charge is 2.28. The number of hydrazine groups is 1. The molecule has 0 rings (SSSR count). The highest BCUT2D eigenvalue weighted by atomic mass is 16.4. The van der Waals surface area contributed by atoms with Crippen LogP contribution in [0.2, 0.25) is 0 Å². The molecule has 0 aromatic carbocycles. The highest BCUT2D eigenvalue weighted by Crippen LogP contribution is 1.98. The molecule has 13 heavy (non-hydrogen) atoms. The predicted octanol–water partition coefficient (Wildman–Crippen LogP) is -3.91. The SMILES string of the molecule is NNC[C@@H](O)C(=O)[C@@H](O)[C@H](O)CO. The molecule has 0 spiro atoms. The standard InChI is InChI=1S/C6H14N2O5/c7-8-1-3(10)5(12)6(13)4(11)2-9/h3-4,6,8-11,13H,1-2,7H2/t3-,4-,6+/m1/s1. The number of carbonyl (C=O) groups is 1. The van der Waals surface area contributed by atoms with E-state index in [0.29, 0.717) is 0 Å². The van der Waals surface area contributed by atoms with Crippen molar-refractivity contribution in [1.82, 2.24) is 5.43 Å². The molecule has 0 saturated heterocycles. The number of aliphatic hydroxyl groups is 4. The van der Waals surface area contributed by atoms with Gasteiger partial charge in [-0.2, -0.15) is 0 Å². The van der Waals surface area contributed by atoms with E-state index >= 15 is 0 Å². The summed E-state index contributed by atoms with van der Waals surface area (Å²) in [6, 6.07) is 0. The Morgan fingerprint density at radius 3 is 2.31 bits per heavy atom. The van der Waals surface area contributed by atoms with Crippen molar-refractivity contribution in [2.45, 2.75) is 18.3 Å². The van der Waals surface area contributed by atoms with E-state index in [-0.39, 0.29) is 6.54 Å². The van der Waals surface area contributed by atoms with Crippen molar-refractivity contribution in [1.29, 1.82) is 0 Å². The molecule has 0 bridgehead atoms. The van der Waals surface area contributed by atoms with Gasteiger partial charge in [0.2, 0.25) is 0 Å². The summed E-state index contributed by atoms with van der Waals surface area (Å²) in [4.78, 5) is 11.0. The van der Waals surface area contributed by atoms with Crippen molar-refractivity contribution < 1.29 is 25.2 Å². The lowest BCUT2D eigenvalue weighted by atomic mass is 10.1. The molecule has 0 heterocycles. The van der Waals surface area contributed by atoms with Gasteiger partial charge in [-0.15, -0.1) is 0 Å². The second kappa shape index (κ2) is 5.97. The molecule has 7 heteroatoms. The quantitative estimate of drug-likeness (QED) is 0.188. The first kappa shape index (κ1) is 12.4. The highest BCUT2D eigenvalue weighted by molar-refractivity contribution is 5.87. The Morgan fingerprint density at radius 2 is 1.92 bits per heavy atom. The molecule has 0 aliphatic rings. The van der Waals surface area contributed by atoms with Gasteiger partial charge < -0.3 is 20.4 Å². The van der Waals surface area contributed by atoms with Gasteiger partial charge in [0.1, 0.15) is 18.3 Å². The van der Waals surface area contributed by atoms with Gasteiger partial charge in [0.25, 0.3) is 0 Å². The molecule has 7 nitrogen and oxygen atoms in total. The number of ketones is 1. The molecule has 0 aliphatic heterocycles. The summed E-state index contributed by atoms with van der Waals surface area (Å²) < 4.78 is 0. The predicted molar refractivity (Wildman–Crippen MR) is 42.3 cm³/mol. The third-order valence-electron chi connectivity index (χ3n) is 1.48. The van der Waals surface area contributed by atoms with Gasteiger partial charge in [0.05, 0.1) is 6.61 Å². The first-order valence-corrected chi connectivity index (χ1v) is 3.66. The zero-order valence-electron chi connectivity index (χ0n) is 6.92. The molecular weight excluding hydrogens is 180 g/mol. The van der Waals surface area contributed by atoms with Crippen LogP contribution in [0.5, 0.6) is 0 Å². The van der Waals surface area contributed by atoms with Gasteiger partial charge in [-0.25, -0.2) is 0 Å². The number of Topliss-reactive ketones (excluding diaryl/α,β-unsaturated/α-hetero) is 1. The maximum Gasteiger partial charge on any atom is 0.193 e. The molecule has 0 radical (unpaired) electrons. The molecule has 7 N–H and O–H groups in total. The van der Waals surface area contributed by atoms with E-state index in [9.17, 15) is 4.79 Å². The lowest BCUT2D eigenvalue weighted by molar-refractivity contribution is -0.142. The molecule has 0 aromatic rings. The Bertz CT molecular complexity index is 165. The first-order valence-electron chi connectivity index (χ1n) is 3.66. The van der Waals surface area contributed by atoms with Crippen LogP contribution in [-0.2, 0) is 4.79 Å². The van der Waals surface area contributed by atoms with Crippen LogP contribution in [0, 0.1) is 0 Å². The first-order chi connectivity index (χ1) is 6.04. The van der Waals surface area contributed by atoms with E-state index in [2.05, 4.69) is 0 Å². The Balaban J connectivity index is 4.08. The van der Waals surface area contributed by atoms with Gasteiger partial charge in [-0.1, -0.05) is 0 Å². The third-order valence-corrected chi connectivity index (χ3v) is 1.48. The van der Waals surface area contributed by atoms with Gasteiger partial charge in [0, 0.05) is 6.54 Å². The molecule has 0 fully saturated rings. The molecular formula is C6H14N2O5. The van der Waals surface area contributed by atoms with Crippen LogP contribution in [-0.4, -0.2) is 57.7 Å². The fraction of sp³-hybridized carbons (Fsp3) is 0.833. The van der Waals surface area contributed by atoms with Gasteiger partial charge >= 0.3 is 0 Å². The van der Waals surface area contributed by atoms with Gasteiger partial charge in [-0.05, 0) is 0 Å². The fourth-order valence-corrected chi connectivity index (χ4v) is 0.699. The van der Waals surface area contributed by atoms with E-state index in [1.54, 1.807) is 0 Å². The largest absolute Gasteiger partial charge is 0.394 e. The second-order valence-corrected chi connectivity index (χ2v) is 2.52. The Morgan fingerprint density at radius 1 is 1.38 bits per heavy atom. The van der Waals surface area contributed by atoms with Crippen LogP contribution >= 0.6 is 0 Å². The molecule has 0 aromatic heterocycles. The number of nitrogens with one attached hydrogen (secondary N) is 1. The summed E-state index contributed by atoms with van der Waals surface area (Å²) in [6.45, 7) is -0.982. The molecule has 3 atom stereocenters. The average Bonchev–Trinajstić information content (AvgIpc) is 2.14. The molecule has 0 amide bonds. The maximum absolute atomic E-state index is 11.0. The molecule has 78 valence electrons. The number of hydrogen-bond donors (Lipinski definition) is 6. The van der Waals surface area contributed by atoms with Crippen molar-refractivity contribution in [3.8, 4) is 0 Å². The summed E-state index contributed by atoms with van der Waals surface area (Å²) in [5, 5.41) is 35.2. The van der Waals surface area contributed by atoms with E-state index in [4.69, 9.17) is 26.3 Å². The molecule has 0 saturated carbocycles. The normalized spacial score (nSPS) is 17.9. The minimum Gasteiger partial charge on any atom is -0.394 e. The van der Waals surface area contributed by atoms with Crippen molar-refractivity contribution in [2.24, 2.45) is 5.84 Å². The van der Waals surface area contributed by atoms with Gasteiger partial charge in [0.15, 0.2) is 5.78 Å². The summed E-state index contributed by atoms with van der Waals surface area (Å²) in [7, 11) is 0. The molecule has 0 aliphatic carbocycles. The van der Waals surface area contributed by atoms with Crippen molar-refractivity contribution in [2.75, 3.05) is 13.2 Å². The fourth-order valence-electron chi connectivity index (χ4n) is 0.699. The Labute approximate surface area is 74.8 Å². The lowest BCUT2D eigenvalue weighted by Crippen LogP contribution is -2.46. The number of carbonyl (C=O) groups excluding carboxylic acids is 1. The minimum atomic E-state index is -1.80. The minimum absolute atomic E-state index is 0.228. The number of rotatable bonds is 6. The van der Waals surface area contributed by atoms with E-state index in [0.717, 1.165) is 0 Å². The molecule has 0 unspecified atom stereocenters. The maximum atomic E-state index is 11.0. The monoisotopic (exact) mass is 194 g/mol. The van der Waals surface area contributed by atoms with Crippen LogP contribution in [0.15, 0.2) is 0 Å². The zero-order valence-corrected chi connectivity index (χ0v) is 6.92. The average molecular weight is 194 g/mol. The Hall–Kier alpha value is -0.570. The van der Waals surface area contributed by atoms with Crippen molar-refractivity contribution in [3.05, 3.63) is 0 Å².